The molecule has 2 unspecified atom stereocenters. The lowest BCUT2D eigenvalue weighted by Crippen LogP contribution is -3.06. The van der Waals surface area contributed by atoms with Crippen molar-refractivity contribution in [1.29, 1.82) is 0 Å². The molecule has 0 aliphatic carbocycles. The van der Waals surface area contributed by atoms with E-state index in [1.54, 1.807) is 24.5 Å². The Labute approximate surface area is 637 Å². The highest BCUT2D eigenvalue weighted by atomic mass is 15.1. The first-order valence-corrected chi connectivity index (χ1v) is 40.5. The van der Waals surface area contributed by atoms with Gasteiger partial charge in [-0.2, -0.15) is 0 Å². The minimum absolute atomic E-state index is 1.14. The quantitative estimate of drug-likeness (QED) is 0.0270. The van der Waals surface area contributed by atoms with Crippen LogP contribution in [0.3, 0.4) is 0 Å². The van der Waals surface area contributed by atoms with E-state index in [9.17, 15) is 0 Å². The van der Waals surface area contributed by atoms with E-state index in [4.69, 9.17) is 0 Å². The van der Waals surface area contributed by atoms with Crippen molar-refractivity contribution < 1.29 is 29.4 Å². The summed E-state index contributed by atoms with van der Waals surface area (Å²) in [6, 6.07) is 63.7. The molecule has 588 valence electrons. The monoisotopic (exact) mass is 1420 g/mol. The Morgan fingerprint density at radius 3 is 0.500 bits per heavy atom. The summed E-state index contributed by atoms with van der Waals surface area (Å²) in [4.78, 5) is 22.7. The first-order chi connectivity index (χ1) is 49.1. The topological polar surface area (TPSA) is 46.1 Å². The molecule has 0 radical (unpaired) electrons. The summed E-state index contributed by atoms with van der Waals surface area (Å²) in [6.07, 6.45) is 2.52. The second-order valence-electron chi connectivity index (χ2n) is 25.5. The van der Waals surface area contributed by atoms with Crippen LogP contribution in [-0.4, -0.2) is 230 Å². The number of benzene rings is 6. The highest BCUT2D eigenvalue weighted by molar-refractivity contribution is 5.31. The number of rotatable bonds is 30. The van der Waals surface area contributed by atoms with Gasteiger partial charge in [0, 0.05) is 0 Å². The van der Waals surface area contributed by atoms with Crippen LogP contribution in [0.4, 0.5) is 34.1 Å². The van der Waals surface area contributed by atoms with E-state index in [0.29, 0.717) is 0 Å². The maximum atomic E-state index is 2.31. The summed E-state index contributed by atoms with van der Waals surface area (Å²) in [5.41, 5.74) is 8.39. The predicted molar refractivity (Wildman–Crippen MR) is 462 cm³/mol. The maximum absolute atomic E-state index is 2.31. The van der Waals surface area contributed by atoms with Crippen molar-refractivity contribution in [2.45, 2.75) is 165 Å². The smallest absolute Gasteiger partial charge is 0.131 e. The Morgan fingerprint density at radius 1 is 0.206 bits per heavy atom. The van der Waals surface area contributed by atoms with Crippen molar-refractivity contribution in [3.63, 3.8) is 0 Å². The number of nitrogens with one attached hydrogen (secondary N) is 6. The van der Waals surface area contributed by atoms with Crippen LogP contribution in [0, 0.1) is 0 Å². The van der Waals surface area contributed by atoms with Gasteiger partial charge in [0.15, 0.2) is 0 Å². The number of hydrogen-bond acceptors (Lipinski definition) is 6. The van der Waals surface area contributed by atoms with Crippen LogP contribution >= 0.6 is 0 Å². The highest BCUT2D eigenvalue weighted by Gasteiger charge is 2.09. The molecule has 6 rings (SSSR count). The molecular formula is C90H174N12+6. The van der Waals surface area contributed by atoms with Gasteiger partial charge in [0.2, 0.25) is 0 Å². The van der Waals surface area contributed by atoms with Crippen molar-refractivity contribution in [2.24, 2.45) is 0 Å². The van der Waals surface area contributed by atoms with Crippen LogP contribution in [0.15, 0.2) is 182 Å². The number of nitrogens with zero attached hydrogens (tertiary/aromatic N) is 6. The molecule has 0 amide bonds. The molecule has 6 N–H and O–H groups in total. The van der Waals surface area contributed by atoms with Gasteiger partial charge in [0.05, 0.1) is 79.0 Å². The molecule has 0 saturated heterocycles. The molecular weight excluding hydrogens is 1250 g/mol. The molecule has 0 aliphatic rings. The van der Waals surface area contributed by atoms with Crippen LogP contribution in [0.1, 0.15) is 165 Å². The molecule has 0 heterocycles. The zero-order valence-electron chi connectivity index (χ0n) is 73.0. The zero-order valence-corrected chi connectivity index (χ0v) is 73.0. The molecule has 12 heteroatoms. The van der Waals surface area contributed by atoms with E-state index in [2.05, 4.69) is 414 Å². The highest BCUT2D eigenvalue weighted by Crippen LogP contribution is 2.02. The largest absolute Gasteiger partial charge is 0.310 e. The van der Waals surface area contributed by atoms with E-state index in [-0.39, 0.29) is 0 Å². The van der Waals surface area contributed by atoms with Crippen molar-refractivity contribution in [3.05, 3.63) is 182 Å². The lowest BCUT2D eigenvalue weighted by atomic mass is 10.3. The Balaban J connectivity index is -0.000000249. The van der Waals surface area contributed by atoms with Crippen molar-refractivity contribution >= 4 is 34.1 Å². The third-order valence-corrected chi connectivity index (χ3v) is 18.2. The number of quaternary nitrogens is 6. The van der Waals surface area contributed by atoms with Crippen LogP contribution in [0.5, 0.6) is 0 Å². The molecule has 102 heavy (non-hydrogen) atoms. The fourth-order valence-electron chi connectivity index (χ4n) is 9.19. The molecule has 6 aromatic carbocycles. The van der Waals surface area contributed by atoms with Gasteiger partial charge in [-0.05, 0) is 276 Å². The molecule has 0 aliphatic heterocycles. The molecule has 12 nitrogen and oxygen atoms in total. The number of hydrogen-bond donors (Lipinski definition) is 6. The van der Waals surface area contributed by atoms with E-state index < -0.39 is 0 Å². The summed E-state index contributed by atoms with van der Waals surface area (Å²) >= 11 is 0. The first kappa shape index (κ1) is 108. The van der Waals surface area contributed by atoms with E-state index in [1.807, 2.05) is 6.07 Å². The van der Waals surface area contributed by atoms with E-state index in [0.717, 1.165) is 65.4 Å². The van der Waals surface area contributed by atoms with Crippen molar-refractivity contribution in [1.82, 2.24) is 29.4 Å². The standard InChI is InChI=1S/C11H17N.4C10H15N.C9H13N.C6H15N.4C5H13N.C4H11N/c1-3-10-12(4-2)11-8-6-5-7-9-11;4*1-3-11(4-2)10-8-6-5-7-9-10;1-3-10(2)9-7-5-4-6-8-9;1-4-6-7(3)5-2;4*1-4-6(3)5-2;1-4-5(2)3/h5-9H,3-4,10H2,1-2H3;4*5-9H,3-4H2,1-2H3;4-8H,3H2,1-2H3;4-6H2,1-3H3;4*4-5H2,1-3H3;4H2,1-3H3/p+6. The second-order valence-corrected chi connectivity index (χ2v) is 25.5. The Morgan fingerprint density at radius 2 is 0.382 bits per heavy atom. The minimum Gasteiger partial charge on any atom is -0.310 e. The average Bonchev–Trinajstić information content (AvgIpc) is 1.27. The van der Waals surface area contributed by atoms with Crippen molar-refractivity contribution in [2.75, 3.05) is 200 Å². The summed E-state index contributed by atoms with van der Waals surface area (Å²) in [7, 11) is 16.9. The molecule has 2 atom stereocenters. The lowest BCUT2D eigenvalue weighted by Gasteiger charge is -2.15. The Kier molecular flexibility index (Phi) is 86.1. The predicted octanol–water partition coefficient (Wildman–Crippen LogP) is 13.2. The van der Waals surface area contributed by atoms with Gasteiger partial charge in [-0.15, -0.1) is 0 Å². The molecule has 6 aromatic rings. The van der Waals surface area contributed by atoms with Crippen molar-refractivity contribution in [3.8, 4) is 0 Å². The molecule has 0 aromatic heterocycles. The zero-order chi connectivity index (χ0) is 78.6. The van der Waals surface area contributed by atoms with Gasteiger partial charge < -0.3 is 58.8 Å². The molecule has 0 fully saturated rings. The Bertz CT molecular complexity index is 2180. The third kappa shape index (κ3) is 65.6. The molecule has 0 saturated carbocycles. The van der Waals surface area contributed by atoms with Gasteiger partial charge in [0.25, 0.3) is 0 Å². The normalized spacial score (nSPS) is 10.8. The fourth-order valence-corrected chi connectivity index (χ4v) is 9.19. The lowest BCUT2D eigenvalue weighted by molar-refractivity contribution is -0.830. The van der Waals surface area contributed by atoms with Crippen LogP contribution in [-0.2, 0) is 0 Å². The van der Waals surface area contributed by atoms with Crippen LogP contribution in [0.25, 0.3) is 0 Å². The van der Waals surface area contributed by atoms with Gasteiger partial charge >= 0.3 is 0 Å². The first-order valence-electron chi connectivity index (χ1n) is 40.5. The number of para-hydroxylation sites is 6. The fraction of sp³-hybridized carbons (Fsp3) is 0.600. The minimum atomic E-state index is 1.14. The summed E-state index contributed by atoms with van der Waals surface area (Å²) in [5.74, 6) is 0. The SMILES string of the molecule is CCCN(C)CC.CCC[NH+](CC)c1ccccc1.CCN(C)C.CCN(C)CC.CCN(C)CC.CCN(C)CC.CCN(C)CC.CC[NH+](C)c1ccccc1.CC[NH+](CC)c1ccccc1.CC[NH+](CC)c1ccccc1.CC[NH+](CC)c1ccccc1.CC[NH+](CC)c1ccccc1. The molecule has 0 bridgehead atoms. The van der Waals surface area contributed by atoms with Gasteiger partial charge in [-0.25, -0.2) is 0 Å². The van der Waals surface area contributed by atoms with Gasteiger partial charge in [-0.1, -0.05) is 192 Å². The Hall–Kier alpha value is -5.16. The third-order valence-electron chi connectivity index (χ3n) is 18.2. The average molecular weight is 1420 g/mol. The maximum Gasteiger partial charge on any atom is 0.131 e. The van der Waals surface area contributed by atoms with Crippen LogP contribution in [0.2, 0.25) is 0 Å². The van der Waals surface area contributed by atoms with Crippen LogP contribution < -0.4 is 29.4 Å². The molecule has 0 spiro atoms. The van der Waals surface area contributed by atoms with Gasteiger partial charge in [0.1, 0.15) is 34.1 Å². The van der Waals surface area contributed by atoms with Gasteiger partial charge in [-0.3, -0.25) is 0 Å². The van der Waals surface area contributed by atoms with E-state index in [1.165, 1.54) is 130 Å². The summed E-state index contributed by atoms with van der Waals surface area (Å²) in [5, 5.41) is 0. The van der Waals surface area contributed by atoms with E-state index >= 15 is 0 Å². The summed E-state index contributed by atoms with van der Waals surface area (Å²) < 4.78 is 0. The second kappa shape index (κ2) is 81.5. The summed E-state index contributed by atoms with van der Waals surface area (Å²) in [6.45, 7) is 73.9.